The van der Waals surface area contributed by atoms with Gasteiger partial charge in [0, 0.05) is 17.1 Å². The van der Waals surface area contributed by atoms with Crippen LogP contribution in [0.25, 0.3) is 11.5 Å². The molecule has 0 saturated carbocycles. The molecule has 0 saturated heterocycles. The highest BCUT2D eigenvalue weighted by molar-refractivity contribution is 6.30. The fraction of sp³-hybridized carbons (Fsp3) is 0.438. The molecule has 1 aromatic heterocycles. The van der Waals surface area contributed by atoms with Gasteiger partial charge < -0.3 is 14.6 Å². The molecule has 0 radical (unpaired) electrons. The van der Waals surface area contributed by atoms with Crippen molar-refractivity contribution in [2.45, 2.75) is 26.8 Å². The SMILES string of the molecule is CCNC(=O)C[NH+](CC)[C@H](C)c1nnc(-c2cccc(Cl)c2)o1. The molecular weight excluding hydrogens is 316 g/mol. The van der Waals surface area contributed by atoms with E-state index < -0.39 is 0 Å². The van der Waals surface area contributed by atoms with Crippen molar-refractivity contribution in [2.75, 3.05) is 19.6 Å². The molecule has 7 heteroatoms. The van der Waals surface area contributed by atoms with Crippen LogP contribution < -0.4 is 10.2 Å². The highest BCUT2D eigenvalue weighted by Crippen LogP contribution is 2.22. The lowest BCUT2D eigenvalue weighted by Crippen LogP contribution is -3.12. The van der Waals surface area contributed by atoms with Crippen molar-refractivity contribution in [1.82, 2.24) is 15.5 Å². The Balaban J connectivity index is 2.13. The van der Waals surface area contributed by atoms with Gasteiger partial charge in [0.15, 0.2) is 12.6 Å². The summed E-state index contributed by atoms with van der Waals surface area (Å²) in [6.45, 7) is 7.70. The number of carbonyl (C=O) groups is 1. The summed E-state index contributed by atoms with van der Waals surface area (Å²) in [6.07, 6.45) is 0. The van der Waals surface area contributed by atoms with Gasteiger partial charge in [-0.3, -0.25) is 4.79 Å². The van der Waals surface area contributed by atoms with Crippen LogP contribution in [0.4, 0.5) is 0 Å². The molecule has 6 nitrogen and oxygen atoms in total. The van der Waals surface area contributed by atoms with E-state index in [1.807, 2.05) is 32.9 Å². The van der Waals surface area contributed by atoms with Gasteiger partial charge in [-0.2, -0.15) is 0 Å². The second-order valence-electron chi connectivity index (χ2n) is 5.32. The van der Waals surface area contributed by atoms with Gasteiger partial charge in [-0.05, 0) is 39.0 Å². The third kappa shape index (κ3) is 4.53. The lowest BCUT2D eigenvalue weighted by atomic mass is 10.2. The lowest BCUT2D eigenvalue weighted by molar-refractivity contribution is -0.921. The molecule has 1 aromatic carbocycles. The number of hydrogen-bond donors (Lipinski definition) is 2. The maximum absolute atomic E-state index is 11.8. The highest BCUT2D eigenvalue weighted by atomic mass is 35.5. The fourth-order valence-electron chi connectivity index (χ4n) is 2.37. The number of carbonyl (C=O) groups excluding carboxylic acids is 1. The minimum absolute atomic E-state index is 0.0192. The van der Waals surface area contributed by atoms with Crippen LogP contribution in [0.1, 0.15) is 32.7 Å². The highest BCUT2D eigenvalue weighted by Gasteiger charge is 2.26. The maximum atomic E-state index is 11.8. The van der Waals surface area contributed by atoms with Crippen molar-refractivity contribution in [1.29, 1.82) is 0 Å². The number of quaternary nitrogens is 1. The Morgan fingerprint density at radius 2 is 2.17 bits per heavy atom. The van der Waals surface area contributed by atoms with Crippen molar-refractivity contribution >= 4 is 17.5 Å². The van der Waals surface area contributed by atoms with Gasteiger partial charge in [0.2, 0.25) is 5.89 Å². The summed E-state index contributed by atoms with van der Waals surface area (Å²) in [6, 6.07) is 7.21. The first-order valence-corrected chi connectivity index (χ1v) is 8.13. The number of rotatable bonds is 7. The number of nitrogens with one attached hydrogen (secondary N) is 2. The van der Waals surface area contributed by atoms with Crippen LogP contribution in [0.3, 0.4) is 0 Å². The normalized spacial score (nSPS) is 13.6. The van der Waals surface area contributed by atoms with Crippen molar-refractivity contribution in [3.05, 3.63) is 35.2 Å². The first-order valence-electron chi connectivity index (χ1n) is 7.75. The summed E-state index contributed by atoms with van der Waals surface area (Å²) >= 11 is 5.99. The van der Waals surface area contributed by atoms with E-state index in [9.17, 15) is 4.79 Å². The van der Waals surface area contributed by atoms with Crippen molar-refractivity contribution in [3.63, 3.8) is 0 Å². The second kappa shape index (κ2) is 8.08. The van der Waals surface area contributed by atoms with E-state index in [1.54, 1.807) is 12.1 Å². The van der Waals surface area contributed by atoms with Gasteiger partial charge in [-0.15, -0.1) is 10.2 Å². The van der Waals surface area contributed by atoms with Crippen molar-refractivity contribution in [2.24, 2.45) is 0 Å². The van der Waals surface area contributed by atoms with Crippen LogP contribution in [-0.2, 0) is 4.79 Å². The average Bonchev–Trinajstić information content (AvgIpc) is 3.02. The molecule has 2 aromatic rings. The molecule has 2 atom stereocenters. The van der Waals surface area contributed by atoms with Crippen LogP contribution >= 0.6 is 11.6 Å². The number of aromatic nitrogens is 2. The predicted molar refractivity (Wildman–Crippen MR) is 88.2 cm³/mol. The van der Waals surface area contributed by atoms with Gasteiger partial charge in [0.25, 0.3) is 11.8 Å². The Bertz CT molecular complexity index is 659. The molecule has 1 heterocycles. The topological polar surface area (TPSA) is 72.5 Å². The third-order valence-electron chi connectivity index (χ3n) is 3.71. The zero-order valence-electron chi connectivity index (χ0n) is 13.6. The van der Waals surface area contributed by atoms with E-state index in [-0.39, 0.29) is 11.9 Å². The van der Waals surface area contributed by atoms with E-state index in [2.05, 4.69) is 15.5 Å². The molecule has 124 valence electrons. The Labute approximate surface area is 140 Å². The Hall–Kier alpha value is -1.92. The number of nitrogens with zero attached hydrogens (tertiary/aromatic N) is 2. The summed E-state index contributed by atoms with van der Waals surface area (Å²) in [7, 11) is 0. The molecule has 0 aliphatic heterocycles. The van der Waals surface area contributed by atoms with Gasteiger partial charge in [0.05, 0.1) is 6.54 Å². The molecule has 0 fully saturated rings. The second-order valence-corrected chi connectivity index (χ2v) is 5.76. The minimum Gasteiger partial charge on any atom is -0.415 e. The summed E-state index contributed by atoms with van der Waals surface area (Å²) in [5, 5.41) is 11.7. The summed E-state index contributed by atoms with van der Waals surface area (Å²) in [4.78, 5) is 12.9. The number of benzene rings is 1. The number of likely N-dealkylation sites (N-methyl/N-ethyl adjacent to an activating group) is 2. The number of amides is 1. The number of halogens is 1. The zero-order valence-corrected chi connectivity index (χ0v) is 14.4. The fourth-order valence-corrected chi connectivity index (χ4v) is 2.56. The molecule has 2 N–H and O–H groups in total. The Kier molecular flexibility index (Phi) is 6.12. The van der Waals surface area contributed by atoms with E-state index in [0.29, 0.717) is 29.9 Å². The minimum atomic E-state index is -0.0666. The van der Waals surface area contributed by atoms with Crippen LogP contribution in [0.15, 0.2) is 28.7 Å². The standard InChI is InChI=1S/C16H21ClN4O2/c1-4-18-14(22)10-21(5-2)11(3)15-19-20-16(23-15)12-7-6-8-13(17)9-12/h6-9,11H,4-5,10H2,1-3H3,(H,18,22)/p+1/t11-/m1/s1. The van der Waals surface area contributed by atoms with Gasteiger partial charge in [0.1, 0.15) is 0 Å². The molecule has 0 aliphatic rings. The van der Waals surface area contributed by atoms with E-state index >= 15 is 0 Å². The Morgan fingerprint density at radius 1 is 1.39 bits per heavy atom. The maximum Gasteiger partial charge on any atom is 0.275 e. The molecule has 1 amide bonds. The zero-order chi connectivity index (χ0) is 16.8. The van der Waals surface area contributed by atoms with Crippen LogP contribution in [0, 0.1) is 0 Å². The van der Waals surface area contributed by atoms with E-state index in [4.69, 9.17) is 16.0 Å². The van der Waals surface area contributed by atoms with E-state index in [1.165, 1.54) is 0 Å². The first-order chi connectivity index (χ1) is 11.0. The molecule has 2 rings (SSSR count). The summed E-state index contributed by atoms with van der Waals surface area (Å²) in [5.74, 6) is 0.967. The largest absolute Gasteiger partial charge is 0.415 e. The summed E-state index contributed by atoms with van der Waals surface area (Å²) in [5.41, 5.74) is 0.783. The van der Waals surface area contributed by atoms with Crippen LogP contribution in [-0.4, -0.2) is 35.7 Å². The monoisotopic (exact) mass is 337 g/mol. The van der Waals surface area contributed by atoms with Gasteiger partial charge >= 0.3 is 0 Å². The smallest absolute Gasteiger partial charge is 0.275 e. The van der Waals surface area contributed by atoms with Crippen LogP contribution in [0.2, 0.25) is 5.02 Å². The Morgan fingerprint density at radius 3 is 2.83 bits per heavy atom. The molecular formula is C16H22ClN4O2+. The average molecular weight is 338 g/mol. The van der Waals surface area contributed by atoms with Crippen molar-refractivity contribution < 1.29 is 14.1 Å². The quantitative estimate of drug-likeness (QED) is 0.803. The molecule has 1 unspecified atom stereocenters. The third-order valence-corrected chi connectivity index (χ3v) is 3.95. The first kappa shape index (κ1) is 17.4. The lowest BCUT2D eigenvalue weighted by Gasteiger charge is -2.21. The van der Waals surface area contributed by atoms with E-state index in [0.717, 1.165) is 17.0 Å². The van der Waals surface area contributed by atoms with Gasteiger partial charge in [-0.25, -0.2) is 0 Å². The van der Waals surface area contributed by atoms with Crippen LogP contribution in [0.5, 0.6) is 0 Å². The molecule has 0 aliphatic carbocycles. The summed E-state index contributed by atoms with van der Waals surface area (Å²) < 4.78 is 5.78. The molecule has 23 heavy (non-hydrogen) atoms. The predicted octanol–water partition coefficient (Wildman–Crippen LogP) is 1.49. The van der Waals surface area contributed by atoms with Gasteiger partial charge in [-0.1, -0.05) is 17.7 Å². The molecule has 0 bridgehead atoms. The van der Waals surface area contributed by atoms with Crippen molar-refractivity contribution in [3.8, 4) is 11.5 Å². The molecule has 0 spiro atoms. The number of hydrogen-bond acceptors (Lipinski definition) is 4.